The van der Waals surface area contributed by atoms with Gasteiger partial charge in [-0.2, -0.15) is 0 Å². The molecule has 0 heterocycles. The summed E-state index contributed by atoms with van der Waals surface area (Å²) in [5, 5.41) is 0. The van der Waals surface area contributed by atoms with Crippen LogP contribution in [0.2, 0.25) is 0 Å². The number of esters is 1. The molecule has 1 aromatic rings. The second-order valence-electron chi connectivity index (χ2n) is 3.28. The molecule has 1 rings (SSSR count). The molecule has 2 nitrogen and oxygen atoms in total. The summed E-state index contributed by atoms with van der Waals surface area (Å²) < 4.78 is 4.51. The van der Waals surface area contributed by atoms with E-state index in [1.54, 1.807) is 6.08 Å². The summed E-state index contributed by atoms with van der Waals surface area (Å²) in [4.78, 5) is 10.8. The number of hydrogen-bond acceptors (Lipinski definition) is 2. The minimum atomic E-state index is -0.329. The van der Waals surface area contributed by atoms with E-state index >= 15 is 0 Å². The third-order valence-corrected chi connectivity index (χ3v) is 1.86. The molecule has 0 fully saturated rings. The highest BCUT2D eigenvalue weighted by Crippen LogP contribution is 2.10. The Bertz CT molecular complexity index is 344. The summed E-state index contributed by atoms with van der Waals surface area (Å²) in [5.74, 6) is -0.329. The predicted molar refractivity (Wildman–Crippen MR) is 57.0 cm³/mol. The lowest BCUT2D eigenvalue weighted by molar-refractivity contribution is -0.134. The second kappa shape index (κ2) is 4.61. The molecule has 0 bridgehead atoms. The van der Waals surface area contributed by atoms with E-state index in [2.05, 4.69) is 10.8 Å². The highest BCUT2D eigenvalue weighted by molar-refractivity contribution is 5.86. The Morgan fingerprint density at radius 2 is 1.79 bits per heavy atom. The second-order valence-corrected chi connectivity index (χ2v) is 3.28. The van der Waals surface area contributed by atoms with Gasteiger partial charge in [0.25, 0.3) is 0 Å². The van der Waals surface area contributed by atoms with E-state index in [0.29, 0.717) is 0 Å². The number of carbonyl (C=O) groups excluding carboxylic acids is 1. The molecule has 0 atom stereocenters. The van der Waals surface area contributed by atoms with Gasteiger partial charge in [-0.1, -0.05) is 29.3 Å². The van der Waals surface area contributed by atoms with E-state index in [1.165, 1.54) is 24.3 Å². The fourth-order valence-corrected chi connectivity index (χ4v) is 1.34. The molecule has 0 aromatic heterocycles. The summed E-state index contributed by atoms with van der Waals surface area (Å²) in [7, 11) is 1.37. The van der Waals surface area contributed by atoms with Crippen LogP contribution in [-0.4, -0.2) is 13.1 Å². The van der Waals surface area contributed by atoms with Gasteiger partial charge in [-0.15, -0.1) is 0 Å². The lowest BCUT2D eigenvalue weighted by Crippen LogP contribution is -1.93. The number of methoxy groups -OCH3 is 1. The van der Waals surface area contributed by atoms with Crippen molar-refractivity contribution in [2.75, 3.05) is 7.11 Å². The number of hydrogen-bond donors (Lipinski definition) is 0. The molecular weight excluding hydrogens is 176 g/mol. The molecule has 0 saturated carbocycles. The number of benzene rings is 1. The fraction of sp³-hybridized carbons (Fsp3) is 0.250. The van der Waals surface area contributed by atoms with Gasteiger partial charge in [0.1, 0.15) is 0 Å². The lowest BCUT2D eigenvalue weighted by Gasteiger charge is -1.99. The number of rotatable bonds is 2. The highest BCUT2D eigenvalue weighted by Gasteiger charge is 1.94. The van der Waals surface area contributed by atoms with Crippen LogP contribution in [-0.2, 0) is 9.53 Å². The largest absolute Gasteiger partial charge is 0.466 e. The van der Waals surface area contributed by atoms with Crippen LogP contribution < -0.4 is 0 Å². The first kappa shape index (κ1) is 10.5. The minimum Gasteiger partial charge on any atom is -0.466 e. The van der Waals surface area contributed by atoms with Gasteiger partial charge >= 0.3 is 5.97 Å². The molecule has 0 amide bonds. The van der Waals surface area contributed by atoms with Crippen LogP contribution in [0.15, 0.2) is 24.3 Å². The standard InChI is InChI=1S/C12H14O2/c1-9-6-10(2)8-11(7-9)4-5-12(13)14-3/h4-8H,1-3H3/b5-4-. The van der Waals surface area contributed by atoms with Crippen molar-refractivity contribution >= 4 is 12.0 Å². The number of aryl methyl sites for hydroxylation is 2. The fourth-order valence-electron chi connectivity index (χ4n) is 1.34. The Balaban J connectivity index is 2.86. The molecule has 74 valence electrons. The highest BCUT2D eigenvalue weighted by atomic mass is 16.5. The van der Waals surface area contributed by atoms with Crippen LogP contribution in [0.5, 0.6) is 0 Å². The molecule has 0 aliphatic carbocycles. The molecule has 0 spiro atoms. The molecule has 0 radical (unpaired) electrons. The molecular formula is C12H14O2. The van der Waals surface area contributed by atoms with Crippen molar-refractivity contribution in [3.63, 3.8) is 0 Å². The van der Waals surface area contributed by atoms with Gasteiger partial charge in [0.15, 0.2) is 0 Å². The van der Waals surface area contributed by atoms with Crippen molar-refractivity contribution in [1.82, 2.24) is 0 Å². The number of carbonyl (C=O) groups is 1. The van der Waals surface area contributed by atoms with Crippen molar-refractivity contribution in [2.24, 2.45) is 0 Å². The summed E-state index contributed by atoms with van der Waals surface area (Å²) in [6, 6.07) is 6.13. The van der Waals surface area contributed by atoms with Crippen molar-refractivity contribution in [3.05, 3.63) is 41.0 Å². The zero-order valence-corrected chi connectivity index (χ0v) is 8.70. The summed E-state index contributed by atoms with van der Waals surface area (Å²) >= 11 is 0. The lowest BCUT2D eigenvalue weighted by atomic mass is 10.1. The van der Waals surface area contributed by atoms with Gasteiger partial charge in [0.2, 0.25) is 0 Å². The van der Waals surface area contributed by atoms with Crippen molar-refractivity contribution < 1.29 is 9.53 Å². The Morgan fingerprint density at radius 3 is 2.29 bits per heavy atom. The van der Waals surface area contributed by atoms with Crippen molar-refractivity contribution in [3.8, 4) is 0 Å². The molecule has 0 aliphatic rings. The average Bonchev–Trinajstić information content (AvgIpc) is 2.12. The maximum absolute atomic E-state index is 10.8. The smallest absolute Gasteiger partial charge is 0.330 e. The maximum Gasteiger partial charge on any atom is 0.330 e. The van der Waals surface area contributed by atoms with Crippen molar-refractivity contribution in [1.29, 1.82) is 0 Å². The molecule has 14 heavy (non-hydrogen) atoms. The van der Waals surface area contributed by atoms with E-state index in [0.717, 1.165) is 5.56 Å². The third-order valence-electron chi connectivity index (χ3n) is 1.86. The summed E-state index contributed by atoms with van der Waals surface area (Å²) in [6.45, 7) is 4.06. The van der Waals surface area contributed by atoms with Crippen LogP contribution >= 0.6 is 0 Å². The monoisotopic (exact) mass is 190 g/mol. The van der Waals surface area contributed by atoms with E-state index in [-0.39, 0.29) is 5.97 Å². The van der Waals surface area contributed by atoms with Crippen LogP contribution in [0, 0.1) is 13.8 Å². The maximum atomic E-state index is 10.8. The third kappa shape index (κ3) is 3.05. The first-order valence-electron chi connectivity index (χ1n) is 4.46. The van der Waals surface area contributed by atoms with Crippen LogP contribution in [0.4, 0.5) is 0 Å². The zero-order chi connectivity index (χ0) is 10.6. The first-order valence-corrected chi connectivity index (χ1v) is 4.46. The van der Waals surface area contributed by atoms with E-state index < -0.39 is 0 Å². The Morgan fingerprint density at radius 1 is 1.21 bits per heavy atom. The molecule has 1 aromatic carbocycles. The van der Waals surface area contributed by atoms with Gasteiger partial charge in [-0.3, -0.25) is 0 Å². The van der Waals surface area contributed by atoms with Gasteiger partial charge in [0, 0.05) is 6.08 Å². The number of ether oxygens (including phenoxy) is 1. The Labute approximate surface area is 84.2 Å². The Kier molecular flexibility index (Phi) is 3.46. The zero-order valence-electron chi connectivity index (χ0n) is 8.70. The van der Waals surface area contributed by atoms with Gasteiger partial charge < -0.3 is 4.74 Å². The molecule has 0 N–H and O–H groups in total. The minimum absolute atomic E-state index is 0.329. The van der Waals surface area contributed by atoms with E-state index in [1.807, 2.05) is 26.0 Å². The van der Waals surface area contributed by atoms with Gasteiger partial charge in [-0.05, 0) is 25.5 Å². The van der Waals surface area contributed by atoms with E-state index in [4.69, 9.17) is 0 Å². The molecule has 2 heteroatoms. The first-order chi connectivity index (χ1) is 6.61. The van der Waals surface area contributed by atoms with Crippen LogP contribution in [0.1, 0.15) is 16.7 Å². The van der Waals surface area contributed by atoms with Gasteiger partial charge in [0.05, 0.1) is 7.11 Å². The quantitative estimate of drug-likeness (QED) is 0.529. The molecule has 0 saturated heterocycles. The average molecular weight is 190 g/mol. The normalized spacial score (nSPS) is 10.5. The van der Waals surface area contributed by atoms with Crippen LogP contribution in [0.25, 0.3) is 6.08 Å². The predicted octanol–water partition coefficient (Wildman–Crippen LogP) is 2.49. The van der Waals surface area contributed by atoms with Gasteiger partial charge in [-0.25, -0.2) is 4.79 Å². The molecule has 0 unspecified atom stereocenters. The Hall–Kier alpha value is -1.57. The van der Waals surface area contributed by atoms with E-state index in [9.17, 15) is 4.79 Å². The van der Waals surface area contributed by atoms with Crippen molar-refractivity contribution in [2.45, 2.75) is 13.8 Å². The summed E-state index contributed by atoms with van der Waals surface area (Å²) in [6.07, 6.45) is 3.18. The van der Waals surface area contributed by atoms with Crippen LogP contribution in [0.3, 0.4) is 0 Å². The summed E-state index contributed by atoms with van der Waals surface area (Å²) in [5.41, 5.74) is 3.40. The SMILES string of the molecule is COC(=O)/C=C\c1cc(C)cc(C)c1. The molecule has 0 aliphatic heterocycles. The topological polar surface area (TPSA) is 26.3 Å².